The minimum absolute atomic E-state index is 0.0506. The highest BCUT2D eigenvalue weighted by atomic mass is 35.5. The number of nitrogens with one attached hydrogen (secondary N) is 1. The van der Waals surface area contributed by atoms with Crippen LogP contribution in [0.3, 0.4) is 0 Å². The highest BCUT2D eigenvalue weighted by molar-refractivity contribution is 6.30. The number of hydrogen-bond donors (Lipinski definition) is 1. The summed E-state index contributed by atoms with van der Waals surface area (Å²) >= 11 is 6.03. The molecule has 2 aromatic heterocycles. The molecule has 0 saturated heterocycles. The van der Waals surface area contributed by atoms with E-state index in [4.69, 9.17) is 21.1 Å². The number of ether oxygens (including phenoxy) is 2. The van der Waals surface area contributed by atoms with Crippen LogP contribution in [-0.4, -0.2) is 43.7 Å². The van der Waals surface area contributed by atoms with Gasteiger partial charge in [-0.05, 0) is 30.3 Å². The Balaban J connectivity index is 1.38. The Bertz CT molecular complexity index is 1370. The monoisotopic (exact) mass is 438 g/mol. The number of carbonyl (C=O) groups is 1. The van der Waals surface area contributed by atoms with E-state index in [1.807, 2.05) is 0 Å². The van der Waals surface area contributed by atoms with Crippen LogP contribution >= 0.6 is 11.6 Å². The van der Waals surface area contributed by atoms with Crippen molar-refractivity contribution in [2.24, 2.45) is 0 Å². The first-order valence-electron chi connectivity index (χ1n) is 9.35. The number of benzene rings is 2. The number of nitrogens with zero attached hydrogens (tertiary/aromatic N) is 5. The zero-order valence-electron chi connectivity index (χ0n) is 16.0. The molecule has 3 heterocycles. The molecule has 1 aliphatic heterocycles. The molecule has 31 heavy (non-hydrogen) atoms. The molecule has 1 N–H and O–H groups in total. The van der Waals surface area contributed by atoms with Gasteiger partial charge in [-0.15, -0.1) is 5.10 Å². The van der Waals surface area contributed by atoms with Gasteiger partial charge < -0.3 is 14.8 Å². The minimum atomic E-state index is -0.476. The topological polar surface area (TPSA) is 113 Å². The summed E-state index contributed by atoms with van der Waals surface area (Å²) in [7, 11) is 0. The molecule has 1 amide bonds. The molecule has 10 nitrogen and oxygen atoms in total. The standard InChI is InChI=1S/C20H15ClN6O4/c21-12-2-1-3-14(8-12)27-19-18(24-25-27)20(29)26(11-22-19)10-17(28)23-13-4-5-15-16(9-13)31-7-6-30-15/h1-5,8-9,11H,6-7,10H2,(H,23,28). The van der Waals surface area contributed by atoms with Crippen molar-refractivity contribution >= 4 is 34.4 Å². The molecule has 0 fully saturated rings. The minimum Gasteiger partial charge on any atom is -0.486 e. The van der Waals surface area contributed by atoms with Gasteiger partial charge in [0.05, 0.1) is 5.69 Å². The average molecular weight is 439 g/mol. The first-order valence-corrected chi connectivity index (χ1v) is 9.72. The summed E-state index contributed by atoms with van der Waals surface area (Å²) in [5.74, 6) is 0.780. The van der Waals surface area contributed by atoms with Crippen LogP contribution in [0.2, 0.25) is 5.02 Å². The van der Waals surface area contributed by atoms with Crippen LogP contribution in [0.1, 0.15) is 0 Å². The normalized spacial score (nSPS) is 12.7. The SMILES string of the molecule is O=C(Cn1cnc2c(nnn2-c2cccc(Cl)c2)c1=O)Nc1ccc2c(c1)OCCO2. The van der Waals surface area contributed by atoms with Crippen LogP contribution in [0.4, 0.5) is 5.69 Å². The number of halogens is 1. The van der Waals surface area contributed by atoms with Crippen LogP contribution in [0.15, 0.2) is 53.6 Å². The third kappa shape index (κ3) is 3.68. The Hall–Kier alpha value is -3.92. The highest BCUT2D eigenvalue weighted by Gasteiger charge is 2.16. The van der Waals surface area contributed by atoms with Crippen molar-refractivity contribution in [2.75, 3.05) is 18.5 Å². The third-order valence-electron chi connectivity index (χ3n) is 4.62. The molecule has 0 atom stereocenters. The molecule has 11 heteroatoms. The van der Waals surface area contributed by atoms with E-state index in [1.165, 1.54) is 15.6 Å². The van der Waals surface area contributed by atoms with Crippen molar-refractivity contribution in [3.05, 3.63) is 64.2 Å². The number of rotatable bonds is 4. The van der Waals surface area contributed by atoms with Crippen molar-refractivity contribution < 1.29 is 14.3 Å². The van der Waals surface area contributed by atoms with Crippen LogP contribution in [0, 0.1) is 0 Å². The van der Waals surface area contributed by atoms with Crippen molar-refractivity contribution in [1.29, 1.82) is 0 Å². The fraction of sp³-hybridized carbons (Fsp3) is 0.150. The number of carbonyl (C=O) groups excluding carboxylic acids is 1. The summed E-state index contributed by atoms with van der Waals surface area (Å²) in [6.07, 6.45) is 1.29. The number of aromatic nitrogens is 5. The van der Waals surface area contributed by atoms with Gasteiger partial charge >= 0.3 is 0 Å². The average Bonchev–Trinajstić information content (AvgIpc) is 3.20. The van der Waals surface area contributed by atoms with Gasteiger partial charge in [-0.3, -0.25) is 14.2 Å². The molecule has 0 spiro atoms. The molecule has 0 radical (unpaired) electrons. The molecule has 0 aliphatic carbocycles. The Kier molecular flexibility index (Phi) is 4.75. The summed E-state index contributed by atoms with van der Waals surface area (Å²) in [4.78, 5) is 29.5. The van der Waals surface area contributed by atoms with Crippen LogP contribution in [0.25, 0.3) is 16.9 Å². The lowest BCUT2D eigenvalue weighted by atomic mass is 10.2. The smallest absolute Gasteiger partial charge is 0.284 e. The van der Waals surface area contributed by atoms with Crippen LogP contribution in [-0.2, 0) is 11.3 Å². The summed E-state index contributed by atoms with van der Waals surface area (Å²) < 4.78 is 13.6. The molecule has 1 aliphatic rings. The van der Waals surface area contributed by atoms with E-state index in [-0.39, 0.29) is 17.7 Å². The summed E-state index contributed by atoms with van der Waals surface area (Å²) in [5, 5.41) is 11.2. The molecular formula is C20H15ClN6O4. The van der Waals surface area contributed by atoms with Crippen molar-refractivity contribution in [3.63, 3.8) is 0 Å². The van der Waals surface area contributed by atoms with E-state index in [9.17, 15) is 9.59 Å². The van der Waals surface area contributed by atoms with Gasteiger partial charge in [0.2, 0.25) is 5.91 Å². The Labute approximate surface area is 180 Å². The van der Waals surface area contributed by atoms with Gasteiger partial charge in [-0.1, -0.05) is 22.9 Å². The molecule has 4 aromatic rings. The number of hydrogen-bond acceptors (Lipinski definition) is 7. The summed E-state index contributed by atoms with van der Waals surface area (Å²) in [6, 6.07) is 12.0. The van der Waals surface area contributed by atoms with Crippen LogP contribution < -0.4 is 20.3 Å². The summed E-state index contributed by atoms with van der Waals surface area (Å²) in [5.41, 5.74) is 1.00. The maximum Gasteiger partial charge on any atom is 0.284 e. The van der Waals surface area contributed by atoms with Gasteiger partial charge in [0.25, 0.3) is 5.56 Å². The van der Waals surface area contributed by atoms with E-state index in [0.29, 0.717) is 41.1 Å². The first-order chi connectivity index (χ1) is 15.1. The molecule has 156 valence electrons. The lowest BCUT2D eigenvalue weighted by Crippen LogP contribution is -2.28. The molecular weight excluding hydrogens is 424 g/mol. The van der Waals surface area contributed by atoms with Crippen molar-refractivity contribution in [2.45, 2.75) is 6.54 Å². The largest absolute Gasteiger partial charge is 0.486 e. The summed E-state index contributed by atoms with van der Waals surface area (Å²) in [6.45, 7) is 0.695. The fourth-order valence-corrected chi connectivity index (χ4v) is 3.40. The van der Waals surface area contributed by atoms with E-state index in [1.54, 1.807) is 42.5 Å². The van der Waals surface area contributed by atoms with E-state index in [2.05, 4.69) is 20.6 Å². The number of anilines is 1. The van der Waals surface area contributed by atoms with Gasteiger partial charge in [0.15, 0.2) is 22.7 Å². The second-order valence-electron chi connectivity index (χ2n) is 6.74. The Morgan fingerprint density at radius 2 is 1.97 bits per heavy atom. The van der Waals surface area contributed by atoms with Gasteiger partial charge in [0, 0.05) is 16.8 Å². The zero-order valence-corrected chi connectivity index (χ0v) is 16.7. The second-order valence-corrected chi connectivity index (χ2v) is 7.17. The second kappa shape index (κ2) is 7.73. The molecule has 0 bridgehead atoms. The van der Waals surface area contributed by atoms with Crippen molar-refractivity contribution in [3.8, 4) is 17.2 Å². The van der Waals surface area contributed by atoms with Gasteiger partial charge in [-0.25, -0.2) is 4.98 Å². The molecule has 2 aromatic carbocycles. The molecule has 0 unspecified atom stereocenters. The first kappa shape index (κ1) is 19.1. The zero-order chi connectivity index (χ0) is 21.4. The maximum absolute atomic E-state index is 12.8. The highest BCUT2D eigenvalue weighted by Crippen LogP contribution is 2.32. The van der Waals surface area contributed by atoms with Crippen LogP contribution in [0.5, 0.6) is 11.5 Å². The van der Waals surface area contributed by atoms with E-state index < -0.39 is 11.5 Å². The van der Waals surface area contributed by atoms with E-state index in [0.717, 1.165) is 0 Å². The van der Waals surface area contributed by atoms with E-state index >= 15 is 0 Å². The predicted molar refractivity (Wildman–Crippen MR) is 112 cm³/mol. The Morgan fingerprint density at radius 3 is 2.81 bits per heavy atom. The van der Waals surface area contributed by atoms with Crippen molar-refractivity contribution in [1.82, 2.24) is 24.5 Å². The maximum atomic E-state index is 12.8. The van der Waals surface area contributed by atoms with Gasteiger partial charge in [-0.2, -0.15) is 4.68 Å². The molecule has 0 saturated carbocycles. The number of fused-ring (bicyclic) bond motifs is 2. The lowest BCUT2D eigenvalue weighted by molar-refractivity contribution is -0.116. The predicted octanol–water partition coefficient (Wildman–Crippen LogP) is 2.04. The quantitative estimate of drug-likeness (QED) is 0.518. The van der Waals surface area contributed by atoms with Gasteiger partial charge in [0.1, 0.15) is 26.1 Å². The molecule has 5 rings (SSSR count). The number of amides is 1. The lowest BCUT2D eigenvalue weighted by Gasteiger charge is -2.19. The Morgan fingerprint density at radius 1 is 1.13 bits per heavy atom. The fourth-order valence-electron chi connectivity index (χ4n) is 3.21. The third-order valence-corrected chi connectivity index (χ3v) is 4.86.